The Morgan fingerprint density at radius 1 is 1.23 bits per heavy atom. The van der Waals surface area contributed by atoms with Gasteiger partial charge in [0.1, 0.15) is 11.4 Å². The van der Waals surface area contributed by atoms with Crippen molar-refractivity contribution >= 4 is 5.65 Å². The third-order valence-corrected chi connectivity index (χ3v) is 3.62. The van der Waals surface area contributed by atoms with Crippen molar-refractivity contribution in [3.8, 4) is 17.0 Å². The summed E-state index contributed by atoms with van der Waals surface area (Å²) in [7, 11) is 1.67. The molecule has 1 N–H and O–H groups in total. The van der Waals surface area contributed by atoms with Crippen molar-refractivity contribution in [3.05, 3.63) is 60.7 Å². The molecule has 0 aliphatic rings. The van der Waals surface area contributed by atoms with E-state index in [2.05, 4.69) is 15.2 Å². The Morgan fingerprint density at radius 3 is 2.86 bits per heavy atom. The van der Waals surface area contributed by atoms with Crippen LogP contribution in [0, 0.1) is 0 Å². The number of hydrogen-bond acceptors (Lipinski definition) is 3. The number of aromatic amines is 1. The van der Waals surface area contributed by atoms with Gasteiger partial charge in [-0.2, -0.15) is 10.2 Å². The van der Waals surface area contributed by atoms with E-state index < -0.39 is 0 Å². The first-order valence-corrected chi connectivity index (χ1v) is 7.00. The number of methoxy groups -OCH3 is 1. The average Bonchev–Trinajstić information content (AvgIpc) is 3.22. The second-order valence-electron chi connectivity index (χ2n) is 5.09. The normalized spacial score (nSPS) is 11.1. The van der Waals surface area contributed by atoms with Crippen LogP contribution in [0.25, 0.3) is 16.9 Å². The number of hydrogen-bond donors (Lipinski definition) is 1. The zero-order valence-corrected chi connectivity index (χ0v) is 12.1. The average molecular weight is 293 g/mol. The SMILES string of the molecule is COc1ccc(Cn2cc(-c3cc4[nH]ccn4n3)cn2)cc1. The summed E-state index contributed by atoms with van der Waals surface area (Å²) in [5.74, 6) is 0.859. The molecule has 4 rings (SSSR count). The van der Waals surface area contributed by atoms with E-state index in [1.54, 1.807) is 7.11 Å². The van der Waals surface area contributed by atoms with Crippen molar-refractivity contribution in [1.82, 2.24) is 24.4 Å². The van der Waals surface area contributed by atoms with Crippen LogP contribution in [0.2, 0.25) is 0 Å². The van der Waals surface area contributed by atoms with Gasteiger partial charge in [-0.3, -0.25) is 4.68 Å². The summed E-state index contributed by atoms with van der Waals surface area (Å²) >= 11 is 0. The lowest BCUT2D eigenvalue weighted by Gasteiger charge is -2.03. The Hall–Kier alpha value is -3.02. The fourth-order valence-corrected chi connectivity index (χ4v) is 2.45. The number of benzene rings is 1. The number of nitrogens with zero attached hydrogens (tertiary/aromatic N) is 4. The molecule has 0 atom stereocenters. The Balaban J connectivity index is 1.56. The molecule has 0 spiro atoms. The predicted octanol–water partition coefficient (Wildman–Crippen LogP) is 2.58. The maximum absolute atomic E-state index is 5.17. The highest BCUT2D eigenvalue weighted by atomic mass is 16.5. The third kappa shape index (κ3) is 2.24. The van der Waals surface area contributed by atoms with Crippen LogP contribution in [0.3, 0.4) is 0 Å². The maximum atomic E-state index is 5.17. The fraction of sp³-hybridized carbons (Fsp3) is 0.125. The van der Waals surface area contributed by atoms with Crippen molar-refractivity contribution in [2.45, 2.75) is 6.54 Å². The minimum atomic E-state index is 0.718. The van der Waals surface area contributed by atoms with Crippen LogP contribution in [-0.4, -0.2) is 31.5 Å². The largest absolute Gasteiger partial charge is 0.497 e. The molecule has 0 fully saturated rings. The van der Waals surface area contributed by atoms with E-state index >= 15 is 0 Å². The zero-order valence-electron chi connectivity index (χ0n) is 12.1. The van der Waals surface area contributed by atoms with Crippen LogP contribution in [0.5, 0.6) is 5.75 Å². The fourth-order valence-electron chi connectivity index (χ4n) is 2.45. The molecule has 22 heavy (non-hydrogen) atoms. The van der Waals surface area contributed by atoms with Crippen molar-refractivity contribution in [2.75, 3.05) is 7.11 Å². The first-order valence-electron chi connectivity index (χ1n) is 7.00. The molecule has 0 amide bonds. The molecule has 0 saturated heterocycles. The van der Waals surface area contributed by atoms with Gasteiger partial charge in [0.2, 0.25) is 0 Å². The monoisotopic (exact) mass is 293 g/mol. The number of ether oxygens (including phenoxy) is 1. The number of H-pyrrole nitrogens is 1. The van der Waals surface area contributed by atoms with Crippen LogP contribution in [-0.2, 0) is 6.54 Å². The van der Waals surface area contributed by atoms with E-state index in [1.807, 2.05) is 64.3 Å². The molecule has 6 heteroatoms. The van der Waals surface area contributed by atoms with E-state index in [0.29, 0.717) is 0 Å². The third-order valence-electron chi connectivity index (χ3n) is 3.62. The van der Waals surface area contributed by atoms with E-state index in [4.69, 9.17) is 4.74 Å². The second kappa shape index (κ2) is 5.07. The quantitative estimate of drug-likeness (QED) is 0.629. The molecule has 3 heterocycles. The van der Waals surface area contributed by atoms with Gasteiger partial charge in [-0.05, 0) is 17.7 Å². The molecule has 0 unspecified atom stereocenters. The molecular formula is C16H15N5O. The predicted molar refractivity (Wildman–Crippen MR) is 82.9 cm³/mol. The Morgan fingerprint density at radius 2 is 2.09 bits per heavy atom. The first kappa shape index (κ1) is 12.7. The summed E-state index contributed by atoms with van der Waals surface area (Å²) in [6.07, 6.45) is 7.59. The van der Waals surface area contributed by atoms with E-state index in [1.165, 1.54) is 5.56 Å². The standard InChI is InChI=1S/C16H15N5O/c1-22-14-4-2-12(3-5-14)10-20-11-13(9-18-20)15-8-16-17-6-7-21(16)19-15/h2-9,11,17H,10H2,1H3. The lowest BCUT2D eigenvalue weighted by Crippen LogP contribution is -1.99. The highest BCUT2D eigenvalue weighted by Gasteiger charge is 2.07. The van der Waals surface area contributed by atoms with Gasteiger partial charge in [0.25, 0.3) is 0 Å². The summed E-state index contributed by atoms with van der Waals surface area (Å²) in [4.78, 5) is 3.13. The summed E-state index contributed by atoms with van der Waals surface area (Å²) in [6.45, 7) is 0.718. The van der Waals surface area contributed by atoms with Crippen molar-refractivity contribution in [3.63, 3.8) is 0 Å². The number of fused-ring (bicyclic) bond motifs is 1. The lowest BCUT2D eigenvalue weighted by molar-refractivity contribution is 0.414. The lowest BCUT2D eigenvalue weighted by atomic mass is 10.2. The number of rotatable bonds is 4. The smallest absolute Gasteiger partial charge is 0.133 e. The Kier molecular flexibility index (Phi) is 2.93. The molecular weight excluding hydrogens is 278 g/mol. The molecule has 0 aliphatic heterocycles. The van der Waals surface area contributed by atoms with Crippen molar-refractivity contribution in [1.29, 1.82) is 0 Å². The molecule has 0 saturated carbocycles. The topological polar surface area (TPSA) is 60.1 Å². The minimum absolute atomic E-state index is 0.718. The van der Waals surface area contributed by atoms with Crippen LogP contribution < -0.4 is 4.74 Å². The Bertz CT molecular complexity index is 872. The van der Waals surface area contributed by atoms with Gasteiger partial charge < -0.3 is 9.72 Å². The molecule has 3 aromatic heterocycles. The molecule has 4 aromatic rings. The molecule has 6 nitrogen and oxygen atoms in total. The Labute approximate surface area is 127 Å². The van der Waals surface area contributed by atoms with Crippen LogP contribution in [0.15, 0.2) is 55.1 Å². The van der Waals surface area contributed by atoms with Crippen molar-refractivity contribution < 1.29 is 4.74 Å². The van der Waals surface area contributed by atoms with Crippen LogP contribution >= 0.6 is 0 Å². The highest BCUT2D eigenvalue weighted by molar-refractivity contribution is 5.62. The van der Waals surface area contributed by atoms with Gasteiger partial charge in [0, 0.05) is 30.2 Å². The molecule has 0 bridgehead atoms. The van der Waals surface area contributed by atoms with E-state index in [0.717, 1.165) is 29.2 Å². The van der Waals surface area contributed by atoms with Gasteiger partial charge in [-0.15, -0.1) is 0 Å². The molecule has 0 aliphatic carbocycles. The van der Waals surface area contributed by atoms with E-state index in [-0.39, 0.29) is 0 Å². The van der Waals surface area contributed by atoms with Gasteiger partial charge in [0.05, 0.1) is 25.5 Å². The summed E-state index contributed by atoms with van der Waals surface area (Å²) < 4.78 is 8.89. The summed E-state index contributed by atoms with van der Waals surface area (Å²) in [5, 5.41) is 8.91. The minimum Gasteiger partial charge on any atom is -0.497 e. The maximum Gasteiger partial charge on any atom is 0.133 e. The summed E-state index contributed by atoms with van der Waals surface area (Å²) in [6, 6.07) is 10.0. The van der Waals surface area contributed by atoms with Crippen LogP contribution in [0.4, 0.5) is 0 Å². The number of aromatic nitrogens is 5. The summed E-state index contributed by atoms with van der Waals surface area (Å²) in [5.41, 5.74) is 4.06. The molecule has 1 aromatic carbocycles. The number of nitrogens with one attached hydrogen (secondary N) is 1. The van der Waals surface area contributed by atoms with Gasteiger partial charge in [-0.1, -0.05) is 12.1 Å². The van der Waals surface area contributed by atoms with Crippen molar-refractivity contribution in [2.24, 2.45) is 0 Å². The van der Waals surface area contributed by atoms with Gasteiger partial charge in [0.15, 0.2) is 0 Å². The van der Waals surface area contributed by atoms with Crippen LogP contribution in [0.1, 0.15) is 5.56 Å². The first-order chi connectivity index (χ1) is 10.8. The zero-order chi connectivity index (χ0) is 14.9. The van der Waals surface area contributed by atoms with Gasteiger partial charge >= 0.3 is 0 Å². The number of imidazole rings is 1. The van der Waals surface area contributed by atoms with Gasteiger partial charge in [-0.25, -0.2) is 4.52 Å². The highest BCUT2D eigenvalue weighted by Crippen LogP contribution is 2.19. The second-order valence-corrected chi connectivity index (χ2v) is 5.09. The molecule has 110 valence electrons. The van der Waals surface area contributed by atoms with E-state index in [9.17, 15) is 0 Å². The molecule has 0 radical (unpaired) electrons.